The maximum absolute atomic E-state index is 11.9. The van der Waals surface area contributed by atoms with Crippen LogP contribution >= 0.6 is 11.8 Å². The van der Waals surface area contributed by atoms with Gasteiger partial charge in [-0.05, 0) is 57.6 Å². The maximum Gasteiger partial charge on any atom is 0.240 e. The van der Waals surface area contributed by atoms with Crippen LogP contribution in [0, 0.1) is 0 Å². The number of hydrogen-bond donors (Lipinski definition) is 1. The molecule has 6 heteroatoms. The van der Waals surface area contributed by atoms with E-state index in [4.69, 9.17) is 0 Å². The molecule has 0 fully saturated rings. The molecule has 0 aliphatic rings. The van der Waals surface area contributed by atoms with E-state index in [0.29, 0.717) is 11.4 Å². The second-order valence-corrected chi connectivity index (χ2v) is 6.88. The molecule has 0 saturated carbocycles. The minimum Gasteiger partial charge on any atom is -0.309 e. The fourth-order valence-electron chi connectivity index (χ4n) is 1.44. The second kappa shape index (κ2) is 7.13. The minimum atomic E-state index is -3.36. The average molecular weight is 288 g/mol. The van der Waals surface area contributed by atoms with Gasteiger partial charge in [-0.15, -0.1) is 11.8 Å². The van der Waals surface area contributed by atoms with Gasteiger partial charge in [0.1, 0.15) is 0 Å². The summed E-state index contributed by atoms with van der Waals surface area (Å²) in [5.41, 5.74) is 0. The van der Waals surface area contributed by atoms with Gasteiger partial charge in [0.05, 0.1) is 4.90 Å². The Bertz CT molecular complexity index is 455. The van der Waals surface area contributed by atoms with Gasteiger partial charge < -0.3 is 4.90 Å². The van der Waals surface area contributed by atoms with Gasteiger partial charge in [-0.25, -0.2) is 13.1 Å². The summed E-state index contributed by atoms with van der Waals surface area (Å²) in [5.74, 6) is 0. The molecular weight excluding hydrogens is 268 g/mol. The van der Waals surface area contributed by atoms with Crippen LogP contribution in [-0.4, -0.2) is 46.8 Å². The summed E-state index contributed by atoms with van der Waals surface area (Å²) in [7, 11) is 0.575. The highest BCUT2D eigenvalue weighted by Crippen LogP contribution is 2.17. The lowest BCUT2D eigenvalue weighted by molar-refractivity contribution is 0.400. The number of hydrogen-bond acceptors (Lipinski definition) is 4. The SMILES string of the molecule is CSc1ccc(S(=O)(=O)NCCCN(C)C)cc1. The number of benzene rings is 1. The number of nitrogens with one attached hydrogen (secondary N) is 1. The topological polar surface area (TPSA) is 49.4 Å². The molecule has 0 radical (unpaired) electrons. The van der Waals surface area contributed by atoms with Crippen molar-refractivity contribution in [1.29, 1.82) is 0 Å². The third kappa shape index (κ3) is 4.97. The van der Waals surface area contributed by atoms with Crippen LogP contribution in [0.15, 0.2) is 34.1 Å². The van der Waals surface area contributed by atoms with Crippen molar-refractivity contribution in [1.82, 2.24) is 9.62 Å². The molecule has 0 atom stereocenters. The second-order valence-electron chi connectivity index (χ2n) is 4.23. The molecule has 0 saturated heterocycles. The molecule has 0 heterocycles. The normalized spacial score (nSPS) is 12.0. The first kappa shape index (κ1) is 15.5. The van der Waals surface area contributed by atoms with Gasteiger partial charge in [-0.2, -0.15) is 0 Å². The number of sulfonamides is 1. The van der Waals surface area contributed by atoms with Gasteiger partial charge in [0.15, 0.2) is 0 Å². The highest BCUT2D eigenvalue weighted by Gasteiger charge is 2.12. The quantitative estimate of drug-likeness (QED) is 0.612. The largest absolute Gasteiger partial charge is 0.309 e. The van der Waals surface area contributed by atoms with E-state index in [0.717, 1.165) is 17.9 Å². The zero-order valence-electron chi connectivity index (χ0n) is 11.0. The highest BCUT2D eigenvalue weighted by atomic mass is 32.2. The summed E-state index contributed by atoms with van der Waals surface area (Å²) in [5, 5.41) is 0. The first-order chi connectivity index (χ1) is 8.45. The monoisotopic (exact) mass is 288 g/mol. The van der Waals surface area contributed by atoms with Crippen molar-refractivity contribution in [3.8, 4) is 0 Å². The third-order valence-electron chi connectivity index (χ3n) is 2.44. The van der Waals surface area contributed by atoms with E-state index in [9.17, 15) is 8.42 Å². The van der Waals surface area contributed by atoms with Crippen molar-refractivity contribution in [3.05, 3.63) is 24.3 Å². The van der Waals surface area contributed by atoms with Crippen LogP contribution in [0.4, 0.5) is 0 Å². The van der Waals surface area contributed by atoms with Crippen molar-refractivity contribution in [2.75, 3.05) is 33.4 Å². The molecule has 4 nitrogen and oxygen atoms in total. The maximum atomic E-state index is 11.9. The average Bonchev–Trinajstić information content (AvgIpc) is 2.34. The Kier molecular flexibility index (Phi) is 6.14. The van der Waals surface area contributed by atoms with Gasteiger partial charge in [-0.3, -0.25) is 0 Å². The fraction of sp³-hybridized carbons (Fsp3) is 0.500. The molecule has 1 N–H and O–H groups in total. The zero-order valence-corrected chi connectivity index (χ0v) is 12.6. The van der Waals surface area contributed by atoms with Gasteiger partial charge in [0.25, 0.3) is 0 Å². The van der Waals surface area contributed by atoms with Crippen molar-refractivity contribution >= 4 is 21.8 Å². The van der Waals surface area contributed by atoms with Gasteiger partial charge >= 0.3 is 0 Å². The molecule has 1 aromatic carbocycles. The molecule has 1 aromatic rings. The van der Waals surface area contributed by atoms with Gasteiger partial charge in [-0.1, -0.05) is 0 Å². The van der Waals surface area contributed by atoms with Crippen molar-refractivity contribution in [2.24, 2.45) is 0 Å². The Morgan fingerprint density at radius 2 is 1.83 bits per heavy atom. The highest BCUT2D eigenvalue weighted by molar-refractivity contribution is 7.98. The van der Waals surface area contributed by atoms with Gasteiger partial charge in [0.2, 0.25) is 10.0 Å². The summed E-state index contributed by atoms with van der Waals surface area (Å²) < 4.78 is 26.5. The van der Waals surface area contributed by atoms with Crippen LogP contribution in [0.3, 0.4) is 0 Å². The van der Waals surface area contributed by atoms with Crippen LogP contribution in [-0.2, 0) is 10.0 Å². The zero-order chi connectivity index (χ0) is 13.6. The standard InChI is InChI=1S/C12H20N2O2S2/c1-14(2)10-4-9-13-18(15,16)12-7-5-11(17-3)6-8-12/h5-8,13H,4,9-10H2,1-3H3. The Morgan fingerprint density at radius 1 is 1.22 bits per heavy atom. The van der Waals surface area contributed by atoms with Crippen molar-refractivity contribution < 1.29 is 8.42 Å². The molecule has 0 spiro atoms. The summed E-state index contributed by atoms with van der Waals surface area (Å²) in [6.07, 6.45) is 2.76. The third-order valence-corrected chi connectivity index (χ3v) is 4.66. The predicted molar refractivity (Wildman–Crippen MR) is 76.6 cm³/mol. The molecule has 102 valence electrons. The molecule has 0 aliphatic heterocycles. The first-order valence-corrected chi connectivity index (χ1v) is 8.45. The minimum absolute atomic E-state index is 0.324. The predicted octanol–water partition coefficient (Wildman–Crippen LogP) is 1.64. The molecule has 0 bridgehead atoms. The Morgan fingerprint density at radius 3 is 2.33 bits per heavy atom. The van der Waals surface area contributed by atoms with Crippen molar-refractivity contribution in [2.45, 2.75) is 16.2 Å². The molecular formula is C12H20N2O2S2. The number of rotatable bonds is 7. The fourth-order valence-corrected chi connectivity index (χ4v) is 2.92. The summed E-state index contributed by atoms with van der Waals surface area (Å²) in [6, 6.07) is 6.92. The molecule has 0 amide bonds. The van der Waals surface area contributed by atoms with Gasteiger partial charge in [0, 0.05) is 11.4 Å². The van der Waals surface area contributed by atoms with E-state index in [1.807, 2.05) is 37.4 Å². The van der Waals surface area contributed by atoms with Crippen LogP contribution in [0.2, 0.25) is 0 Å². The smallest absolute Gasteiger partial charge is 0.240 e. The van der Waals surface area contributed by atoms with Crippen LogP contribution in [0.25, 0.3) is 0 Å². The number of nitrogens with zero attached hydrogens (tertiary/aromatic N) is 1. The summed E-state index contributed by atoms with van der Waals surface area (Å²) >= 11 is 1.59. The molecule has 0 aliphatic carbocycles. The van der Waals surface area contributed by atoms with E-state index in [2.05, 4.69) is 4.72 Å². The van der Waals surface area contributed by atoms with Crippen LogP contribution < -0.4 is 4.72 Å². The molecule has 0 aromatic heterocycles. The van der Waals surface area contributed by atoms with Crippen LogP contribution in [0.1, 0.15) is 6.42 Å². The van der Waals surface area contributed by atoms with E-state index in [1.54, 1.807) is 23.9 Å². The molecule has 18 heavy (non-hydrogen) atoms. The summed E-state index contributed by atoms with van der Waals surface area (Å²) in [6.45, 7) is 1.33. The lowest BCUT2D eigenvalue weighted by Crippen LogP contribution is -2.27. The van der Waals surface area contributed by atoms with E-state index < -0.39 is 10.0 Å². The molecule has 0 unspecified atom stereocenters. The Labute approximate surface area is 114 Å². The van der Waals surface area contributed by atoms with Crippen molar-refractivity contribution in [3.63, 3.8) is 0 Å². The Hall–Kier alpha value is -0.560. The van der Waals surface area contributed by atoms with E-state index in [-0.39, 0.29) is 0 Å². The van der Waals surface area contributed by atoms with Crippen LogP contribution in [0.5, 0.6) is 0 Å². The lowest BCUT2D eigenvalue weighted by Gasteiger charge is -2.10. The first-order valence-electron chi connectivity index (χ1n) is 5.74. The van der Waals surface area contributed by atoms with E-state index >= 15 is 0 Å². The van der Waals surface area contributed by atoms with E-state index in [1.165, 1.54) is 0 Å². The lowest BCUT2D eigenvalue weighted by atomic mass is 10.4. The number of thioether (sulfide) groups is 1. The Balaban J connectivity index is 2.57. The molecule has 1 rings (SSSR count). The summed E-state index contributed by atoms with van der Waals surface area (Å²) in [4.78, 5) is 3.41.